The van der Waals surface area contributed by atoms with Crippen LogP contribution >= 0.6 is 0 Å². The average molecular weight is 375 g/mol. The molecule has 1 aromatic rings. The van der Waals surface area contributed by atoms with Gasteiger partial charge in [0.15, 0.2) is 11.5 Å². The van der Waals surface area contributed by atoms with Crippen molar-refractivity contribution in [3.8, 4) is 11.5 Å². The molecule has 4 amide bonds. The zero-order valence-corrected chi connectivity index (χ0v) is 15.8. The van der Waals surface area contributed by atoms with Gasteiger partial charge < -0.3 is 20.1 Å². The molecule has 1 aromatic carbocycles. The van der Waals surface area contributed by atoms with Crippen molar-refractivity contribution in [3.63, 3.8) is 0 Å². The van der Waals surface area contributed by atoms with E-state index in [4.69, 9.17) is 9.47 Å². The van der Waals surface area contributed by atoms with E-state index in [-0.39, 0.29) is 12.5 Å². The van der Waals surface area contributed by atoms with Gasteiger partial charge in [-0.1, -0.05) is 19.9 Å². The monoisotopic (exact) mass is 375 g/mol. The second-order valence-corrected chi connectivity index (χ2v) is 7.34. The van der Waals surface area contributed by atoms with Crippen LogP contribution in [0.2, 0.25) is 0 Å². The summed E-state index contributed by atoms with van der Waals surface area (Å²) in [6, 6.07) is 4.54. The van der Waals surface area contributed by atoms with Crippen molar-refractivity contribution < 1.29 is 23.9 Å². The number of rotatable bonds is 6. The van der Waals surface area contributed by atoms with Crippen LogP contribution in [0.5, 0.6) is 11.5 Å². The highest BCUT2D eigenvalue weighted by Crippen LogP contribution is 2.36. The Labute approximate surface area is 158 Å². The van der Waals surface area contributed by atoms with E-state index in [0.29, 0.717) is 42.7 Å². The summed E-state index contributed by atoms with van der Waals surface area (Å²) in [5.41, 5.74) is -0.682. The van der Waals surface area contributed by atoms with Crippen LogP contribution < -0.4 is 20.1 Å². The van der Waals surface area contributed by atoms with Crippen LogP contribution in [0.1, 0.15) is 32.8 Å². The lowest BCUT2D eigenvalue weighted by Crippen LogP contribution is -2.43. The molecule has 1 atom stereocenters. The Balaban J connectivity index is 1.72. The summed E-state index contributed by atoms with van der Waals surface area (Å²) in [5, 5.41) is 5.43. The molecule has 0 radical (unpaired) electrons. The molecule has 146 valence electrons. The van der Waals surface area contributed by atoms with Gasteiger partial charge in [0.1, 0.15) is 25.3 Å². The number of ether oxygens (including phenoxy) is 2. The molecule has 0 aliphatic carbocycles. The van der Waals surface area contributed by atoms with Gasteiger partial charge in [-0.15, -0.1) is 0 Å². The molecular weight excluding hydrogens is 350 g/mol. The number of urea groups is 1. The predicted molar refractivity (Wildman–Crippen MR) is 97.5 cm³/mol. The van der Waals surface area contributed by atoms with Crippen molar-refractivity contribution in [3.05, 3.63) is 23.8 Å². The maximum atomic E-state index is 12.9. The Kier molecular flexibility index (Phi) is 5.25. The summed E-state index contributed by atoms with van der Waals surface area (Å²) in [6.07, 6.45) is 0.834. The van der Waals surface area contributed by atoms with E-state index in [9.17, 15) is 14.4 Å². The molecule has 3 rings (SSSR count). The number of nitrogens with zero attached hydrogens (tertiary/aromatic N) is 1. The lowest BCUT2D eigenvalue weighted by molar-refractivity contribution is -0.134. The highest BCUT2D eigenvalue weighted by atomic mass is 16.6. The largest absolute Gasteiger partial charge is 0.486 e. The average Bonchev–Trinajstić information content (AvgIpc) is 2.85. The van der Waals surface area contributed by atoms with Gasteiger partial charge in [0, 0.05) is 6.54 Å². The van der Waals surface area contributed by atoms with Gasteiger partial charge in [0.25, 0.3) is 5.91 Å². The first-order chi connectivity index (χ1) is 12.8. The van der Waals surface area contributed by atoms with E-state index in [1.54, 1.807) is 25.1 Å². The number of hydrogen-bond donors (Lipinski definition) is 2. The molecule has 0 spiro atoms. The van der Waals surface area contributed by atoms with Crippen LogP contribution in [0.3, 0.4) is 0 Å². The molecule has 8 heteroatoms. The van der Waals surface area contributed by atoms with Gasteiger partial charge >= 0.3 is 6.03 Å². The number of benzene rings is 1. The molecule has 0 saturated carbocycles. The minimum atomic E-state index is -1.26. The van der Waals surface area contributed by atoms with Crippen molar-refractivity contribution in [2.24, 2.45) is 5.92 Å². The molecule has 8 nitrogen and oxygen atoms in total. The smallest absolute Gasteiger partial charge is 0.325 e. The first-order valence-corrected chi connectivity index (χ1v) is 9.12. The molecule has 27 heavy (non-hydrogen) atoms. The quantitative estimate of drug-likeness (QED) is 0.733. The van der Waals surface area contributed by atoms with Crippen molar-refractivity contribution >= 4 is 17.8 Å². The van der Waals surface area contributed by atoms with Crippen molar-refractivity contribution in [1.29, 1.82) is 0 Å². The van der Waals surface area contributed by atoms with Crippen LogP contribution in [0.4, 0.5) is 4.79 Å². The summed E-state index contributed by atoms with van der Waals surface area (Å²) in [5.74, 6) is 0.771. The second kappa shape index (κ2) is 7.46. The van der Waals surface area contributed by atoms with Gasteiger partial charge in [0.2, 0.25) is 5.91 Å². The van der Waals surface area contributed by atoms with E-state index in [0.717, 1.165) is 11.3 Å². The van der Waals surface area contributed by atoms with Gasteiger partial charge in [-0.3, -0.25) is 14.5 Å². The SMILES string of the molecule is CC(C)CCNC(=O)CN1C(=O)N[C@](C)(c2ccc3c(c2)OCCO3)C1=O. The first kappa shape index (κ1) is 19.0. The first-order valence-electron chi connectivity index (χ1n) is 9.12. The highest BCUT2D eigenvalue weighted by Gasteiger charge is 2.49. The lowest BCUT2D eigenvalue weighted by atomic mass is 9.91. The maximum absolute atomic E-state index is 12.9. The lowest BCUT2D eigenvalue weighted by Gasteiger charge is -2.25. The van der Waals surface area contributed by atoms with E-state index < -0.39 is 17.5 Å². The Bertz CT molecular complexity index is 764. The summed E-state index contributed by atoms with van der Waals surface area (Å²) in [4.78, 5) is 38.3. The molecule has 2 heterocycles. The summed E-state index contributed by atoms with van der Waals surface area (Å²) in [7, 11) is 0. The van der Waals surface area contributed by atoms with E-state index in [1.807, 2.05) is 0 Å². The minimum Gasteiger partial charge on any atom is -0.486 e. The molecule has 1 fully saturated rings. The minimum absolute atomic E-state index is 0.303. The fourth-order valence-electron chi connectivity index (χ4n) is 3.09. The zero-order valence-electron chi connectivity index (χ0n) is 15.8. The number of carbonyl (C=O) groups excluding carboxylic acids is 3. The number of carbonyl (C=O) groups is 3. The molecular formula is C19H25N3O5. The maximum Gasteiger partial charge on any atom is 0.325 e. The second-order valence-electron chi connectivity index (χ2n) is 7.34. The Hall–Kier alpha value is -2.77. The third-order valence-electron chi connectivity index (χ3n) is 4.74. The Morgan fingerprint density at radius 2 is 1.96 bits per heavy atom. The summed E-state index contributed by atoms with van der Waals surface area (Å²) in [6.45, 7) is 6.84. The van der Waals surface area contributed by atoms with Crippen LogP contribution in [0.15, 0.2) is 18.2 Å². The van der Waals surface area contributed by atoms with E-state index >= 15 is 0 Å². The van der Waals surface area contributed by atoms with Crippen LogP contribution in [0, 0.1) is 5.92 Å². The van der Waals surface area contributed by atoms with Gasteiger partial charge in [-0.25, -0.2) is 4.79 Å². The van der Waals surface area contributed by atoms with E-state index in [2.05, 4.69) is 24.5 Å². The molecule has 0 aromatic heterocycles. The van der Waals surface area contributed by atoms with Gasteiger partial charge in [-0.2, -0.15) is 0 Å². The predicted octanol–water partition coefficient (Wildman–Crippen LogP) is 1.39. The standard InChI is InChI=1S/C19H25N3O5/c1-12(2)6-7-20-16(23)11-22-17(24)19(3,21-18(22)25)13-4-5-14-15(10-13)27-9-8-26-14/h4-5,10,12H,6-9,11H2,1-3H3,(H,20,23)(H,21,25)/t19-/m1/s1. The number of amides is 4. The molecule has 0 bridgehead atoms. The zero-order chi connectivity index (χ0) is 19.6. The fourth-order valence-corrected chi connectivity index (χ4v) is 3.09. The molecule has 0 unspecified atom stereocenters. The third-order valence-corrected chi connectivity index (χ3v) is 4.74. The topological polar surface area (TPSA) is 97.0 Å². The molecule has 1 saturated heterocycles. The number of hydrogen-bond acceptors (Lipinski definition) is 5. The number of nitrogens with one attached hydrogen (secondary N) is 2. The van der Waals surface area contributed by atoms with Gasteiger partial charge in [-0.05, 0) is 37.0 Å². The van der Waals surface area contributed by atoms with Crippen molar-refractivity contribution in [1.82, 2.24) is 15.5 Å². The van der Waals surface area contributed by atoms with Crippen molar-refractivity contribution in [2.45, 2.75) is 32.7 Å². The summed E-state index contributed by atoms with van der Waals surface area (Å²) >= 11 is 0. The molecule has 2 N–H and O–H groups in total. The number of imide groups is 1. The number of fused-ring (bicyclic) bond motifs is 1. The van der Waals surface area contributed by atoms with Gasteiger partial charge in [0.05, 0.1) is 0 Å². The normalized spacial score (nSPS) is 21.4. The van der Waals surface area contributed by atoms with Crippen LogP contribution in [0.25, 0.3) is 0 Å². The Morgan fingerprint density at radius 1 is 1.26 bits per heavy atom. The Morgan fingerprint density at radius 3 is 2.67 bits per heavy atom. The van der Waals surface area contributed by atoms with Crippen molar-refractivity contribution in [2.75, 3.05) is 26.3 Å². The molecule has 2 aliphatic heterocycles. The van der Waals surface area contributed by atoms with Crippen LogP contribution in [-0.4, -0.2) is 49.0 Å². The third kappa shape index (κ3) is 3.84. The summed E-state index contributed by atoms with van der Waals surface area (Å²) < 4.78 is 11.0. The fraction of sp³-hybridized carbons (Fsp3) is 0.526. The van der Waals surface area contributed by atoms with Crippen LogP contribution in [-0.2, 0) is 15.1 Å². The van der Waals surface area contributed by atoms with E-state index in [1.165, 1.54) is 0 Å². The highest BCUT2D eigenvalue weighted by molar-refractivity contribution is 6.09. The molecule has 2 aliphatic rings.